The second-order valence-corrected chi connectivity index (χ2v) is 4.02. The van der Waals surface area contributed by atoms with Gasteiger partial charge in [0, 0.05) is 25.0 Å². The average Bonchev–Trinajstić information content (AvgIpc) is 2.70. The maximum absolute atomic E-state index is 5.67. The van der Waals surface area contributed by atoms with Crippen molar-refractivity contribution in [3.05, 3.63) is 47.7 Å². The van der Waals surface area contributed by atoms with E-state index in [9.17, 15) is 0 Å². The summed E-state index contributed by atoms with van der Waals surface area (Å²) in [5.41, 5.74) is 10.7. The van der Waals surface area contributed by atoms with E-state index in [2.05, 4.69) is 54.9 Å². The molecule has 2 N–H and O–H groups in total. The number of nitrogens with zero attached hydrogens (tertiary/aromatic N) is 1. The number of hydrogen-bond acceptors (Lipinski definition) is 1. The van der Waals surface area contributed by atoms with Crippen molar-refractivity contribution in [3.8, 4) is 11.3 Å². The Hall–Kier alpha value is -1.54. The molecule has 0 saturated heterocycles. The molecule has 0 amide bonds. The fourth-order valence-corrected chi connectivity index (χ4v) is 1.96. The van der Waals surface area contributed by atoms with Crippen LogP contribution in [0.15, 0.2) is 36.4 Å². The molecule has 0 aliphatic rings. The first-order chi connectivity index (χ1) is 7.76. The van der Waals surface area contributed by atoms with Crippen molar-refractivity contribution < 1.29 is 0 Å². The Balaban J connectivity index is 2.38. The van der Waals surface area contributed by atoms with E-state index in [0.717, 1.165) is 12.1 Å². The van der Waals surface area contributed by atoms with Gasteiger partial charge in [-0.1, -0.05) is 31.2 Å². The molecule has 2 nitrogen and oxygen atoms in total. The van der Waals surface area contributed by atoms with Gasteiger partial charge in [-0.25, -0.2) is 0 Å². The molecule has 0 spiro atoms. The predicted octanol–water partition coefficient (Wildman–Crippen LogP) is 2.71. The zero-order chi connectivity index (χ0) is 11.5. The van der Waals surface area contributed by atoms with Crippen LogP contribution in [0.25, 0.3) is 11.3 Å². The van der Waals surface area contributed by atoms with Gasteiger partial charge in [0.25, 0.3) is 0 Å². The van der Waals surface area contributed by atoms with Crippen LogP contribution in [0.1, 0.15) is 18.2 Å². The van der Waals surface area contributed by atoms with Crippen molar-refractivity contribution in [2.75, 3.05) is 0 Å². The Morgan fingerprint density at radius 2 is 1.75 bits per heavy atom. The fourth-order valence-electron chi connectivity index (χ4n) is 1.96. The van der Waals surface area contributed by atoms with Gasteiger partial charge in [-0.15, -0.1) is 0 Å². The Kier molecular flexibility index (Phi) is 3.11. The third-order valence-electron chi connectivity index (χ3n) is 3.09. The van der Waals surface area contributed by atoms with E-state index in [-0.39, 0.29) is 0 Å². The van der Waals surface area contributed by atoms with Crippen LogP contribution in [-0.2, 0) is 20.0 Å². The molecule has 2 rings (SSSR count). The smallest absolute Gasteiger partial charge is 0.0480 e. The van der Waals surface area contributed by atoms with E-state index in [1.165, 1.54) is 16.8 Å². The van der Waals surface area contributed by atoms with Crippen LogP contribution in [0.4, 0.5) is 0 Å². The number of aromatic nitrogens is 1. The molecular formula is C14H18N2. The summed E-state index contributed by atoms with van der Waals surface area (Å²) in [7, 11) is 2.06. The fraction of sp³-hybridized carbons (Fsp3) is 0.286. The van der Waals surface area contributed by atoms with Gasteiger partial charge in [0.2, 0.25) is 0 Å². The minimum Gasteiger partial charge on any atom is -0.346 e. The summed E-state index contributed by atoms with van der Waals surface area (Å²) in [5, 5.41) is 0. The molecule has 0 unspecified atom stereocenters. The van der Waals surface area contributed by atoms with E-state index in [1.807, 2.05) is 0 Å². The van der Waals surface area contributed by atoms with E-state index in [4.69, 9.17) is 5.73 Å². The van der Waals surface area contributed by atoms with Gasteiger partial charge >= 0.3 is 0 Å². The zero-order valence-corrected chi connectivity index (χ0v) is 9.90. The molecule has 0 bridgehead atoms. The second-order valence-electron chi connectivity index (χ2n) is 4.02. The van der Waals surface area contributed by atoms with Gasteiger partial charge in [0.15, 0.2) is 0 Å². The van der Waals surface area contributed by atoms with Gasteiger partial charge in [0.05, 0.1) is 0 Å². The predicted molar refractivity (Wildman–Crippen MR) is 68.1 cm³/mol. The van der Waals surface area contributed by atoms with Gasteiger partial charge in [-0.2, -0.15) is 0 Å². The largest absolute Gasteiger partial charge is 0.346 e. The van der Waals surface area contributed by atoms with Crippen molar-refractivity contribution in [3.63, 3.8) is 0 Å². The first kappa shape index (κ1) is 11.0. The molecule has 84 valence electrons. The standard InChI is InChI=1S/C14H18N2/c1-3-11-4-6-12(7-5-11)14-9-8-13(10-15)16(14)2/h4-9H,3,10,15H2,1-2H3. The highest BCUT2D eigenvalue weighted by atomic mass is 15.0. The highest BCUT2D eigenvalue weighted by Crippen LogP contribution is 2.22. The normalized spacial score (nSPS) is 10.7. The molecule has 16 heavy (non-hydrogen) atoms. The van der Waals surface area contributed by atoms with Crippen molar-refractivity contribution in [2.24, 2.45) is 12.8 Å². The van der Waals surface area contributed by atoms with E-state index < -0.39 is 0 Å². The molecular weight excluding hydrogens is 196 g/mol. The van der Waals surface area contributed by atoms with Gasteiger partial charge in [-0.3, -0.25) is 0 Å². The molecule has 0 fully saturated rings. The second kappa shape index (κ2) is 4.54. The molecule has 1 aromatic heterocycles. The third kappa shape index (κ3) is 1.89. The molecule has 2 aromatic rings. The molecule has 2 heteroatoms. The maximum atomic E-state index is 5.67. The molecule has 0 aliphatic heterocycles. The Morgan fingerprint density at radius 3 is 2.25 bits per heavy atom. The molecule has 0 radical (unpaired) electrons. The van der Waals surface area contributed by atoms with Crippen molar-refractivity contribution in [1.82, 2.24) is 4.57 Å². The highest BCUT2D eigenvalue weighted by Gasteiger charge is 2.05. The summed E-state index contributed by atoms with van der Waals surface area (Å²) in [6, 6.07) is 12.9. The van der Waals surface area contributed by atoms with Crippen molar-refractivity contribution in [2.45, 2.75) is 19.9 Å². The summed E-state index contributed by atoms with van der Waals surface area (Å²) in [6.45, 7) is 2.76. The lowest BCUT2D eigenvalue weighted by Gasteiger charge is -2.07. The van der Waals surface area contributed by atoms with Gasteiger partial charge in [-0.05, 0) is 29.7 Å². The topological polar surface area (TPSA) is 30.9 Å². The van der Waals surface area contributed by atoms with Crippen molar-refractivity contribution >= 4 is 0 Å². The molecule has 1 heterocycles. The summed E-state index contributed by atoms with van der Waals surface area (Å²) in [6.07, 6.45) is 1.08. The van der Waals surface area contributed by atoms with Crippen LogP contribution in [0.5, 0.6) is 0 Å². The highest BCUT2D eigenvalue weighted by molar-refractivity contribution is 5.61. The Labute approximate surface area is 96.7 Å². The first-order valence-electron chi connectivity index (χ1n) is 5.70. The number of rotatable bonds is 3. The third-order valence-corrected chi connectivity index (χ3v) is 3.09. The number of aryl methyl sites for hydroxylation is 1. The van der Waals surface area contributed by atoms with Crippen LogP contribution in [0.3, 0.4) is 0 Å². The number of nitrogens with two attached hydrogens (primary N) is 1. The SMILES string of the molecule is CCc1ccc(-c2ccc(CN)n2C)cc1. The molecule has 0 saturated carbocycles. The zero-order valence-electron chi connectivity index (χ0n) is 9.90. The van der Waals surface area contributed by atoms with Gasteiger partial charge < -0.3 is 10.3 Å². The monoisotopic (exact) mass is 214 g/mol. The molecule has 0 aliphatic carbocycles. The number of benzene rings is 1. The minimum absolute atomic E-state index is 0.587. The van der Waals surface area contributed by atoms with E-state index in [0.29, 0.717) is 6.54 Å². The van der Waals surface area contributed by atoms with Crippen LogP contribution in [-0.4, -0.2) is 4.57 Å². The lowest BCUT2D eigenvalue weighted by Crippen LogP contribution is -2.03. The van der Waals surface area contributed by atoms with Crippen LogP contribution in [0.2, 0.25) is 0 Å². The summed E-state index contributed by atoms with van der Waals surface area (Å²) >= 11 is 0. The van der Waals surface area contributed by atoms with E-state index in [1.54, 1.807) is 0 Å². The van der Waals surface area contributed by atoms with Crippen LogP contribution < -0.4 is 5.73 Å². The maximum Gasteiger partial charge on any atom is 0.0480 e. The van der Waals surface area contributed by atoms with Crippen LogP contribution in [0, 0.1) is 0 Å². The quantitative estimate of drug-likeness (QED) is 0.836. The summed E-state index contributed by atoms with van der Waals surface area (Å²) < 4.78 is 2.15. The molecule has 0 atom stereocenters. The lowest BCUT2D eigenvalue weighted by molar-refractivity contribution is 0.831. The Morgan fingerprint density at radius 1 is 1.06 bits per heavy atom. The average molecular weight is 214 g/mol. The van der Waals surface area contributed by atoms with E-state index >= 15 is 0 Å². The first-order valence-corrected chi connectivity index (χ1v) is 5.70. The Bertz CT molecular complexity index is 466. The summed E-state index contributed by atoms with van der Waals surface area (Å²) in [5.74, 6) is 0. The molecule has 1 aromatic carbocycles. The summed E-state index contributed by atoms with van der Waals surface area (Å²) in [4.78, 5) is 0. The van der Waals surface area contributed by atoms with Gasteiger partial charge in [0.1, 0.15) is 0 Å². The van der Waals surface area contributed by atoms with Crippen LogP contribution >= 0.6 is 0 Å². The van der Waals surface area contributed by atoms with Crippen molar-refractivity contribution in [1.29, 1.82) is 0 Å². The number of hydrogen-bond donors (Lipinski definition) is 1. The lowest BCUT2D eigenvalue weighted by atomic mass is 10.1. The minimum atomic E-state index is 0.587.